The van der Waals surface area contributed by atoms with Gasteiger partial charge in [0.2, 0.25) is 5.91 Å². The van der Waals surface area contributed by atoms with Crippen LogP contribution in [0.15, 0.2) is 48.6 Å². The number of carbonyl (C=O) groups excluding carboxylic acids is 2. The fourth-order valence-corrected chi connectivity index (χ4v) is 10.8. The molecule has 11 heteroatoms. The normalized spacial score (nSPS) is 18.9. The third-order valence-electron chi connectivity index (χ3n) is 16.2. The maximum atomic E-state index is 13.5. The van der Waals surface area contributed by atoms with Crippen LogP contribution in [-0.2, 0) is 23.8 Å². The first-order valence-corrected chi connectivity index (χ1v) is 34.4. The predicted octanol–water partition coefficient (Wildman–Crippen LogP) is 17.2. The van der Waals surface area contributed by atoms with Gasteiger partial charge >= 0.3 is 5.97 Å². The second-order valence-corrected chi connectivity index (χ2v) is 23.9. The smallest absolute Gasteiger partial charge is 0.306 e. The van der Waals surface area contributed by atoms with Crippen molar-refractivity contribution < 1.29 is 49.3 Å². The molecule has 1 rings (SSSR count). The highest BCUT2D eigenvalue weighted by Crippen LogP contribution is 2.26. The summed E-state index contributed by atoms with van der Waals surface area (Å²) >= 11 is 0. The third kappa shape index (κ3) is 45.6. The van der Waals surface area contributed by atoms with E-state index in [1.165, 1.54) is 193 Å². The molecule has 0 aromatic rings. The first kappa shape index (κ1) is 76.6. The third-order valence-corrected chi connectivity index (χ3v) is 16.2. The standard InChI is InChI=1S/C70H129NO10/c1-4-7-10-13-16-19-22-25-27-29-31-32-33-35-37-40-43-46-49-52-55-58-65(75)81-68-67(77)66(76)64(59-72)80-70(68)79-60-61(62(73)56-53-50-47-44-41-38-24-21-18-15-12-9-6-3)71-69(78)63(74)57-54-51-48-45-42-39-36-34-30-28-26-23-20-17-14-11-8-5-2/h17,20,26,28,34,36,53,56,61-64,66-68,70,72-74,76-77H,4-16,18-19,21-25,27,29-33,35,37-52,54-55,57-60H2,1-3H3,(H,71,78)/b20-17-,28-26-,36-34-,56-53+. The molecule has 1 fully saturated rings. The summed E-state index contributed by atoms with van der Waals surface area (Å²) in [4.78, 5) is 26.6. The van der Waals surface area contributed by atoms with Crippen LogP contribution in [-0.4, -0.2) is 99.6 Å². The topological polar surface area (TPSA) is 175 Å². The summed E-state index contributed by atoms with van der Waals surface area (Å²) in [6.07, 6.45) is 61.4. The Bertz CT molecular complexity index is 1500. The molecule has 0 saturated carbocycles. The molecule has 0 bridgehead atoms. The summed E-state index contributed by atoms with van der Waals surface area (Å²) in [6.45, 7) is 5.80. The zero-order valence-corrected chi connectivity index (χ0v) is 52.7. The van der Waals surface area contributed by atoms with Crippen molar-refractivity contribution in [2.75, 3.05) is 13.2 Å². The predicted molar refractivity (Wildman–Crippen MR) is 338 cm³/mol. The molecule has 1 heterocycles. The van der Waals surface area contributed by atoms with Crippen LogP contribution in [0.5, 0.6) is 0 Å². The van der Waals surface area contributed by atoms with Gasteiger partial charge in [-0.3, -0.25) is 9.59 Å². The van der Waals surface area contributed by atoms with E-state index in [1.807, 2.05) is 6.08 Å². The summed E-state index contributed by atoms with van der Waals surface area (Å²) in [7, 11) is 0. The number of aliphatic hydroxyl groups excluding tert-OH is 5. The van der Waals surface area contributed by atoms with E-state index in [0.29, 0.717) is 12.8 Å². The van der Waals surface area contributed by atoms with Crippen molar-refractivity contribution >= 4 is 11.9 Å². The van der Waals surface area contributed by atoms with Crippen LogP contribution in [0.1, 0.15) is 323 Å². The van der Waals surface area contributed by atoms with Gasteiger partial charge in [-0.25, -0.2) is 0 Å². The SMILES string of the molecule is CCCCC/C=C\C/C=C\C/C=C\CCCCCCCC(O)C(=O)NC(COC1OC(CO)C(O)C(O)C1OC(=O)CCCCCCCCCCCCCCCCCCCCCCC)C(O)/C=C/CCCCCCCCCCCCC. The highest BCUT2D eigenvalue weighted by atomic mass is 16.7. The van der Waals surface area contributed by atoms with Gasteiger partial charge in [-0.05, 0) is 64.2 Å². The lowest BCUT2D eigenvalue weighted by Gasteiger charge is -2.41. The van der Waals surface area contributed by atoms with E-state index in [1.54, 1.807) is 6.08 Å². The minimum Gasteiger partial charge on any atom is -0.454 e. The molecule has 0 aromatic heterocycles. The van der Waals surface area contributed by atoms with Crippen LogP contribution in [0.25, 0.3) is 0 Å². The lowest BCUT2D eigenvalue weighted by atomic mass is 9.99. The van der Waals surface area contributed by atoms with Crippen molar-refractivity contribution in [3.8, 4) is 0 Å². The number of hydrogen-bond donors (Lipinski definition) is 6. The molecule has 81 heavy (non-hydrogen) atoms. The van der Waals surface area contributed by atoms with Crippen molar-refractivity contribution in [2.24, 2.45) is 0 Å². The number of allylic oxidation sites excluding steroid dienone is 7. The maximum Gasteiger partial charge on any atom is 0.306 e. The van der Waals surface area contributed by atoms with Gasteiger partial charge in [-0.1, -0.05) is 301 Å². The number of amides is 1. The Hall–Kier alpha value is -2.38. The zero-order valence-electron chi connectivity index (χ0n) is 52.7. The molecule has 1 aliphatic heterocycles. The molecule has 8 unspecified atom stereocenters. The Balaban J connectivity index is 2.63. The number of carbonyl (C=O) groups is 2. The molecule has 1 aliphatic rings. The largest absolute Gasteiger partial charge is 0.454 e. The molecule has 0 spiro atoms. The molecule has 1 amide bonds. The summed E-state index contributed by atoms with van der Waals surface area (Å²) in [5, 5.41) is 57.2. The van der Waals surface area contributed by atoms with Crippen molar-refractivity contribution in [2.45, 2.75) is 372 Å². The molecule has 11 nitrogen and oxygen atoms in total. The Morgan fingerprint density at radius 1 is 0.481 bits per heavy atom. The van der Waals surface area contributed by atoms with Crippen LogP contribution in [0.2, 0.25) is 0 Å². The first-order valence-electron chi connectivity index (χ1n) is 34.4. The molecule has 474 valence electrons. The van der Waals surface area contributed by atoms with Crippen molar-refractivity contribution in [3.05, 3.63) is 48.6 Å². The van der Waals surface area contributed by atoms with Gasteiger partial charge < -0.3 is 45.1 Å². The van der Waals surface area contributed by atoms with Gasteiger partial charge in [0.05, 0.1) is 25.4 Å². The number of unbranched alkanes of at least 4 members (excludes halogenated alkanes) is 39. The molecule has 8 atom stereocenters. The first-order chi connectivity index (χ1) is 39.7. The molecule has 0 aromatic carbocycles. The van der Waals surface area contributed by atoms with Gasteiger partial charge in [0.15, 0.2) is 12.4 Å². The lowest BCUT2D eigenvalue weighted by molar-refractivity contribution is -0.305. The van der Waals surface area contributed by atoms with Gasteiger partial charge in [-0.2, -0.15) is 0 Å². The van der Waals surface area contributed by atoms with Crippen LogP contribution >= 0.6 is 0 Å². The average molecular weight is 1140 g/mol. The minimum atomic E-state index is -1.61. The number of nitrogens with one attached hydrogen (secondary N) is 1. The Morgan fingerprint density at radius 2 is 0.852 bits per heavy atom. The maximum absolute atomic E-state index is 13.5. The van der Waals surface area contributed by atoms with E-state index >= 15 is 0 Å². The van der Waals surface area contributed by atoms with Crippen LogP contribution in [0.4, 0.5) is 0 Å². The van der Waals surface area contributed by atoms with Crippen LogP contribution < -0.4 is 5.32 Å². The lowest BCUT2D eigenvalue weighted by Crippen LogP contribution is -2.61. The molecule has 6 N–H and O–H groups in total. The number of ether oxygens (including phenoxy) is 3. The van der Waals surface area contributed by atoms with Crippen LogP contribution in [0.3, 0.4) is 0 Å². The Morgan fingerprint density at radius 3 is 1.30 bits per heavy atom. The van der Waals surface area contributed by atoms with Gasteiger partial charge in [0.1, 0.15) is 24.4 Å². The highest BCUT2D eigenvalue weighted by Gasteiger charge is 2.47. The molecular weight excluding hydrogens is 1010 g/mol. The van der Waals surface area contributed by atoms with Gasteiger partial charge in [0, 0.05) is 6.42 Å². The minimum absolute atomic E-state index is 0.126. The van der Waals surface area contributed by atoms with E-state index in [0.717, 1.165) is 83.5 Å². The van der Waals surface area contributed by atoms with E-state index in [2.05, 4.69) is 62.5 Å². The fraction of sp³-hybridized carbons (Fsp3) is 0.857. The zero-order chi connectivity index (χ0) is 58.9. The van der Waals surface area contributed by atoms with Crippen molar-refractivity contribution in [1.29, 1.82) is 0 Å². The summed E-state index contributed by atoms with van der Waals surface area (Å²) < 4.78 is 17.7. The molecule has 0 aliphatic carbocycles. The summed E-state index contributed by atoms with van der Waals surface area (Å²) in [5.74, 6) is -1.20. The quantitative estimate of drug-likeness (QED) is 0.0195. The van der Waals surface area contributed by atoms with E-state index in [-0.39, 0.29) is 19.4 Å². The Kier molecular flexibility index (Phi) is 54.9. The number of esters is 1. The van der Waals surface area contributed by atoms with Gasteiger partial charge in [0.25, 0.3) is 0 Å². The van der Waals surface area contributed by atoms with E-state index in [4.69, 9.17) is 14.2 Å². The molecule has 0 radical (unpaired) electrons. The van der Waals surface area contributed by atoms with E-state index in [9.17, 15) is 35.1 Å². The molecular formula is C70H129NO10. The van der Waals surface area contributed by atoms with Crippen molar-refractivity contribution in [1.82, 2.24) is 5.32 Å². The van der Waals surface area contributed by atoms with Crippen molar-refractivity contribution in [3.63, 3.8) is 0 Å². The number of hydrogen-bond acceptors (Lipinski definition) is 10. The summed E-state index contributed by atoms with van der Waals surface area (Å²) in [6, 6.07) is -1.03. The second-order valence-electron chi connectivity index (χ2n) is 23.9. The average Bonchev–Trinajstić information content (AvgIpc) is 3.46. The second kappa shape index (κ2) is 58.0. The van der Waals surface area contributed by atoms with E-state index < -0.39 is 67.4 Å². The van der Waals surface area contributed by atoms with Gasteiger partial charge in [-0.15, -0.1) is 0 Å². The van der Waals surface area contributed by atoms with Crippen LogP contribution in [0, 0.1) is 0 Å². The molecule has 1 saturated heterocycles. The Labute approximate surface area is 497 Å². The highest BCUT2D eigenvalue weighted by molar-refractivity contribution is 5.80. The monoisotopic (exact) mass is 1140 g/mol. The fourth-order valence-electron chi connectivity index (χ4n) is 10.8. The number of rotatable bonds is 59. The number of aliphatic hydroxyl groups is 5. The summed E-state index contributed by atoms with van der Waals surface area (Å²) in [5.41, 5.74) is 0.